The zero-order valence-corrected chi connectivity index (χ0v) is 17.3. The molecule has 152 valence electrons. The third-order valence-corrected chi connectivity index (χ3v) is 6.96. The van der Waals surface area contributed by atoms with Crippen LogP contribution in [0.3, 0.4) is 0 Å². The number of piperidine rings is 1. The van der Waals surface area contributed by atoms with Crippen molar-refractivity contribution in [3.05, 3.63) is 48.0 Å². The molecule has 1 aromatic carbocycles. The van der Waals surface area contributed by atoms with E-state index in [1.807, 2.05) is 42.0 Å². The summed E-state index contributed by atoms with van der Waals surface area (Å²) in [5.41, 5.74) is 2.00. The molecular weight excluding hydrogens is 378 g/mol. The summed E-state index contributed by atoms with van der Waals surface area (Å²) in [6.07, 6.45) is 5.05. The first-order valence-corrected chi connectivity index (χ1v) is 10.7. The number of nitrogens with one attached hydrogen (secondary N) is 1. The van der Waals surface area contributed by atoms with Gasteiger partial charge in [0.1, 0.15) is 5.82 Å². The van der Waals surface area contributed by atoms with Crippen molar-refractivity contribution >= 4 is 16.1 Å². The Kier molecular flexibility index (Phi) is 6.17. The number of hydrogen-bond donors (Lipinski definition) is 1. The summed E-state index contributed by atoms with van der Waals surface area (Å²) in [7, 11) is -0.468. The number of rotatable bonds is 6. The highest BCUT2D eigenvalue weighted by Crippen LogP contribution is 2.20. The maximum Gasteiger partial charge on any atom is 0.281 e. The van der Waals surface area contributed by atoms with E-state index in [9.17, 15) is 13.2 Å². The van der Waals surface area contributed by atoms with E-state index in [2.05, 4.69) is 10.3 Å². The molecule has 8 nitrogen and oxygen atoms in total. The first kappa shape index (κ1) is 20.5. The summed E-state index contributed by atoms with van der Waals surface area (Å²) in [4.78, 5) is 16.8. The Hall–Kier alpha value is -2.23. The number of amides is 1. The Morgan fingerprint density at radius 1 is 1.29 bits per heavy atom. The summed E-state index contributed by atoms with van der Waals surface area (Å²) in [5, 5.41) is 2.94. The minimum atomic E-state index is -3.48. The molecule has 0 spiro atoms. The number of aromatic nitrogens is 2. The molecule has 0 aliphatic carbocycles. The minimum Gasteiger partial charge on any atom is -0.352 e. The minimum absolute atomic E-state index is 0.104. The first-order valence-electron chi connectivity index (χ1n) is 9.33. The normalized spacial score (nSPS) is 18.4. The zero-order chi connectivity index (χ0) is 20.3. The van der Waals surface area contributed by atoms with Gasteiger partial charge in [-0.3, -0.25) is 4.79 Å². The third kappa shape index (κ3) is 4.43. The molecule has 1 N–H and O–H groups in total. The maximum absolute atomic E-state index is 12.6. The number of imidazole rings is 1. The third-order valence-electron chi connectivity index (χ3n) is 5.05. The Labute approximate surface area is 166 Å². The van der Waals surface area contributed by atoms with E-state index in [0.717, 1.165) is 17.1 Å². The van der Waals surface area contributed by atoms with Gasteiger partial charge in [0.2, 0.25) is 5.91 Å². The van der Waals surface area contributed by atoms with Gasteiger partial charge in [-0.2, -0.15) is 17.0 Å². The van der Waals surface area contributed by atoms with E-state index in [-0.39, 0.29) is 18.4 Å². The van der Waals surface area contributed by atoms with E-state index in [1.165, 1.54) is 22.7 Å². The van der Waals surface area contributed by atoms with Crippen LogP contribution >= 0.6 is 0 Å². The molecule has 0 unspecified atom stereocenters. The lowest BCUT2D eigenvalue weighted by Gasteiger charge is -2.32. The standard InChI is InChI=1S/C19H27N5O3S/c1-15-20-10-12-24(15)18-8-6-16(7-9-18)13-21-19(25)17-5-4-11-23(14-17)28(26,27)22(2)3/h6-10,12,17H,4-5,11,13-14H2,1-3H3,(H,21,25)/t17-/m0/s1. The number of carbonyl (C=O) groups excluding carboxylic acids is 1. The molecule has 3 rings (SSSR count). The van der Waals surface area contributed by atoms with Gasteiger partial charge in [-0.25, -0.2) is 4.98 Å². The fraction of sp³-hybridized carbons (Fsp3) is 0.474. The topological polar surface area (TPSA) is 87.5 Å². The molecule has 1 atom stereocenters. The van der Waals surface area contributed by atoms with Crippen molar-refractivity contribution in [3.63, 3.8) is 0 Å². The van der Waals surface area contributed by atoms with Gasteiger partial charge < -0.3 is 9.88 Å². The average molecular weight is 406 g/mol. The van der Waals surface area contributed by atoms with Gasteiger partial charge in [0.15, 0.2) is 0 Å². The average Bonchev–Trinajstić information content (AvgIpc) is 3.12. The van der Waals surface area contributed by atoms with Crippen molar-refractivity contribution in [3.8, 4) is 5.69 Å². The molecule has 1 aliphatic heterocycles. The van der Waals surface area contributed by atoms with Crippen LogP contribution < -0.4 is 5.32 Å². The molecular formula is C19H27N5O3S. The smallest absolute Gasteiger partial charge is 0.281 e. The van der Waals surface area contributed by atoms with Crippen LogP contribution in [0.25, 0.3) is 5.69 Å². The van der Waals surface area contributed by atoms with Crippen LogP contribution in [0, 0.1) is 12.8 Å². The predicted octanol–water partition coefficient (Wildman–Crippen LogP) is 1.32. The van der Waals surface area contributed by atoms with Crippen LogP contribution in [0.4, 0.5) is 0 Å². The molecule has 0 bridgehead atoms. The Balaban J connectivity index is 1.57. The van der Waals surface area contributed by atoms with Crippen molar-refractivity contribution in [2.24, 2.45) is 5.92 Å². The van der Waals surface area contributed by atoms with Gasteiger partial charge in [0, 0.05) is 51.8 Å². The van der Waals surface area contributed by atoms with Gasteiger partial charge >= 0.3 is 0 Å². The van der Waals surface area contributed by atoms with Crippen molar-refractivity contribution in [2.45, 2.75) is 26.3 Å². The highest BCUT2D eigenvalue weighted by Gasteiger charge is 2.33. The first-order chi connectivity index (χ1) is 13.3. The molecule has 0 radical (unpaired) electrons. The zero-order valence-electron chi connectivity index (χ0n) is 16.5. The van der Waals surface area contributed by atoms with Crippen LogP contribution in [0.5, 0.6) is 0 Å². The highest BCUT2D eigenvalue weighted by atomic mass is 32.2. The van der Waals surface area contributed by atoms with E-state index in [4.69, 9.17) is 0 Å². The molecule has 1 saturated heterocycles. The van der Waals surface area contributed by atoms with E-state index < -0.39 is 10.2 Å². The van der Waals surface area contributed by atoms with Crippen LogP contribution in [0.15, 0.2) is 36.7 Å². The van der Waals surface area contributed by atoms with Crippen LogP contribution in [0.2, 0.25) is 0 Å². The second-order valence-electron chi connectivity index (χ2n) is 7.22. The monoisotopic (exact) mass is 405 g/mol. The van der Waals surface area contributed by atoms with Crippen molar-refractivity contribution in [1.82, 2.24) is 23.5 Å². The second kappa shape index (κ2) is 8.42. The maximum atomic E-state index is 12.6. The molecule has 28 heavy (non-hydrogen) atoms. The molecule has 1 amide bonds. The van der Waals surface area contributed by atoms with Crippen LogP contribution in [-0.4, -0.2) is 59.7 Å². The fourth-order valence-corrected chi connectivity index (χ4v) is 4.55. The highest BCUT2D eigenvalue weighted by molar-refractivity contribution is 7.86. The lowest BCUT2D eigenvalue weighted by atomic mass is 9.99. The number of aryl methyl sites for hydroxylation is 1. The largest absolute Gasteiger partial charge is 0.352 e. The van der Waals surface area contributed by atoms with Crippen molar-refractivity contribution < 1.29 is 13.2 Å². The molecule has 1 fully saturated rings. The van der Waals surface area contributed by atoms with Gasteiger partial charge in [-0.05, 0) is 37.5 Å². The molecule has 2 heterocycles. The number of nitrogens with zero attached hydrogens (tertiary/aromatic N) is 4. The summed E-state index contributed by atoms with van der Waals surface area (Å²) in [6.45, 7) is 3.04. The lowest BCUT2D eigenvalue weighted by molar-refractivity contribution is -0.126. The number of benzene rings is 1. The molecule has 1 aliphatic rings. The fourth-order valence-electron chi connectivity index (χ4n) is 3.36. The van der Waals surface area contributed by atoms with E-state index in [0.29, 0.717) is 25.9 Å². The van der Waals surface area contributed by atoms with Crippen LogP contribution in [0.1, 0.15) is 24.2 Å². The molecule has 0 saturated carbocycles. The number of carbonyl (C=O) groups is 1. The van der Waals surface area contributed by atoms with E-state index >= 15 is 0 Å². The molecule has 9 heteroatoms. The Morgan fingerprint density at radius 3 is 2.61 bits per heavy atom. The van der Waals surface area contributed by atoms with Gasteiger partial charge in [0.05, 0.1) is 5.92 Å². The van der Waals surface area contributed by atoms with Crippen molar-refractivity contribution in [2.75, 3.05) is 27.2 Å². The summed E-state index contributed by atoms with van der Waals surface area (Å²) in [6, 6.07) is 7.92. The Morgan fingerprint density at radius 2 is 2.00 bits per heavy atom. The summed E-state index contributed by atoms with van der Waals surface area (Å²) >= 11 is 0. The predicted molar refractivity (Wildman–Crippen MR) is 107 cm³/mol. The van der Waals surface area contributed by atoms with E-state index in [1.54, 1.807) is 6.20 Å². The summed E-state index contributed by atoms with van der Waals surface area (Å²) < 4.78 is 29.2. The van der Waals surface area contributed by atoms with Gasteiger partial charge in [-0.15, -0.1) is 0 Å². The SMILES string of the molecule is Cc1nccn1-c1ccc(CNC(=O)[C@H]2CCCN(S(=O)(=O)N(C)C)C2)cc1. The van der Waals surface area contributed by atoms with Crippen LogP contribution in [-0.2, 0) is 21.5 Å². The Bertz CT molecular complexity index is 921. The molecule has 1 aromatic heterocycles. The second-order valence-corrected chi connectivity index (χ2v) is 9.36. The lowest BCUT2D eigenvalue weighted by Crippen LogP contribution is -2.48. The van der Waals surface area contributed by atoms with Gasteiger partial charge in [0.25, 0.3) is 10.2 Å². The number of hydrogen-bond acceptors (Lipinski definition) is 4. The quantitative estimate of drug-likeness (QED) is 0.785. The van der Waals surface area contributed by atoms with Crippen molar-refractivity contribution in [1.29, 1.82) is 0 Å². The summed E-state index contributed by atoms with van der Waals surface area (Å²) in [5.74, 6) is 0.486. The molecule has 2 aromatic rings. The van der Waals surface area contributed by atoms with Gasteiger partial charge in [-0.1, -0.05) is 12.1 Å².